The molecule has 4 aromatic carbocycles. The summed E-state index contributed by atoms with van der Waals surface area (Å²) in [7, 11) is -4.44. The smallest absolute Gasteiger partial charge is 0.342 e. The molecule has 38 heavy (non-hydrogen) atoms. The van der Waals surface area contributed by atoms with Crippen molar-refractivity contribution >= 4 is 60.9 Å². The number of benzene rings is 4. The number of hydrogen-bond donors (Lipinski definition) is 0. The molecule has 7 nitrogen and oxygen atoms in total. The first-order valence-corrected chi connectivity index (χ1v) is 13.6. The van der Waals surface area contributed by atoms with Crippen LogP contribution in [0.1, 0.15) is 33.4 Å². The van der Waals surface area contributed by atoms with Crippen molar-refractivity contribution in [3.05, 3.63) is 107 Å². The first-order chi connectivity index (χ1) is 18.2. The summed E-state index contributed by atoms with van der Waals surface area (Å²) in [6.45, 7) is 3.45. The second-order valence-corrected chi connectivity index (χ2v) is 10.7. The number of carbonyl (C=O) groups excluding carboxylic acids is 2. The van der Waals surface area contributed by atoms with Crippen LogP contribution < -0.4 is 4.31 Å². The van der Waals surface area contributed by atoms with Gasteiger partial charge >= 0.3 is 5.97 Å². The van der Waals surface area contributed by atoms with E-state index in [1.165, 1.54) is 42.5 Å². The van der Waals surface area contributed by atoms with Crippen molar-refractivity contribution in [3.63, 3.8) is 0 Å². The van der Waals surface area contributed by atoms with Gasteiger partial charge in [-0.15, -0.1) is 0 Å². The van der Waals surface area contributed by atoms with Crippen LogP contribution in [0.5, 0.6) is 0 Å². The SMILES string of the molecule is CCOC(=O)c1c(C)oc2ccc(N(C(=O)c3ccccc3Cl)S(=O)(=O)c3ccc4ccccc4c3)cc12. The summed E-state index contributed by atoms with van der Waals surface area (Å²) in [6.07, 6.45) is 0. The molecule has 5 aromatic rings. The zero-order valence-corrected chi connectivity index (χ0v) is 22.0. The number of nitrogens with zero attached hydrogens (tertiary/aromatic N) is 1. The third-order valence-corrected chi connectivity index (χ3v) is 8.15. The summed E-state index contributed by atoms with van der Waals surface area (Å²) in [4.78, 5) is 26.4. The van der Waals surface area contributed by atoms with Gasteiger partial charge in [-0.25, -0.2) is 13.2 Å². The average Bonchev–Trinajstić information content (AvgIpc) is 3.23. The van der Waals surface area contributed by atoms with Gasteiger partial charge in [0.1, 0.15) is 16.9 Å². The first-order valence-electron chi connectivity index (χ1n) is 11.8. The Labute approximate surface area is 224 Å². The number of rotatable bonds is 6. The molecule has 0 fully saturated rings. The van der Waals surface area contributed by atoms with Crippen LogP contribution in [0.2, 0.25) is 5.02 Å². The Morgan fingerprint density at radius 2 is 1.63 bits per heavy atom. The molecule has 0 N–H and O–H groups in total. The van der Waals surface area contributed by atoms with Crippen LogP contribution in [0.4, 0.5) is 5.69 Å². The van der Waals surface area contributed by atoms with E-state index in [-0.39, 0.29) is 33.3 Å². The highest BCUT2D eigenvalue weighted by atomic mass is 35.5. The molecule has 9 heteroatoms. The van der Waals surface area contributed by atoms with Crippen molar-refractivity contribution in [1.29, 1.82) is 0 Å². The molecule has 5 rings (SSSR count). The van der Waals surface area contributed by atoms with Gasteiger partial charge in [-0.3, -0.25) is 4.79 Å². The monoisotopic (exact) mass is 547 g/mol. The maximum absolute atomic E-state index is 14.1. The van der Waals surface area contributed by atoms with Gasteiger partial charge in [0.25, 0.3) is 15.9 Å². The highest BCUT2D eigenvalue weighted by molar-refractivity contribution is 7.93. The topological polar surface area (TPSA) is 93.9 Å². The predicted octanol–water partition coefficient (Wildman–Crippen LogP) is 6.76. The third kappa shape index (κ3) is 4.42. The molecular weight excluding hydrogens is 526 g/mol. The molecule has 0 aliphatic rings. The van der Waals surface area contributed by atoms with E-state index in [0.29, 0.717) is 26.4 Å². The van der Waals surface area contributed by atoms with Gasteiger partial charge in [-0.2, -0.15) is 4.31 Å². The molecule has 0 bridgehead atoms. The number of esters is 1. The number of fused-ring (bicyclic) bond motifs is 2. The minimum Gasteiger partial charge on any atom is -0.462 e. The average molecular weight is 548 g/mol. The Balaban J connectivity index is 1.74. The highest BCUT2D eigenvalue weighted by Gasteiger charge is 2.34. The van der Waals surface area contributed by atoms with Gasteiger partial charge in [0.2, 0.25) is 0 Å². The summed E-state index contributed by atoms with van der Waals surface area (Å²) in [5.41, 5.74) is 0.536. The Morgan fingerprint density at radius 3 is 2.37 bits per heavy atom. The van der Waals surface area contributed by atoms with Crippen molar-refractivity contribution < 1.29 is 27.2 Å². The number of hydrogen-bond acceptors (Lipinski definition) is 6. The van der Waals surface area contributed by atoms with E-state index in [9.17, 15) is 18.0 Å². The molecule has 0 aliphatic heterocycles. The number of sulfonamides is 1. The van der Waals surface area contributed by atoms with Gasteiger partial charge in [-0.1, -0.05) is 54.1 Å². The number of ether oxygens (including phenoxy) is 1. The molecule has 0 saturated carbocycles. The number of amides is 1. The molecule has 0 atom stereocenters. The van der Waals surface area contributed by atoms with Crippen molar-refractivity contribution in [3.8, 4) is 0 Å². The Hall–Kier alpha value is -4.14. The quantitative estimate of drug-likeness (QED) is 0.218. The van der Waals surface area contributed by atoms with Crippen LogP contribution in [0.25, 0.3) is 21.7 Å². The number of halogens is 1. The molecule has 0 unspecified atom stereocenters. The lowest BCUT2D eigenvalue weighted by Gasteiger charge is -2.23. The number of carbonyl (C=O) groups is 2. The Kier molecular flexibility index (Phi) is 6.69. The van der Waals surface area contributed by atoms with Crippen LogP contribution in [0.3, 0.4) is 0 Å². The minimum atomic E-state index is -4.44. The fourth-order valence-electron chi connectivity index (χ4n) is 4.33. The molecule has 192 valence electrons. The lowest BCUT2D eigenvalue weighted by Crippen LogP contribution is -2.37. The van der Waals surface area contributed by atoms with Gasteiger partial charge in [0.05, 0.1) is 27.8 Å². The van der Waals surface area contributed by atoms with E-state index >= 15 is 0 Å². The molecule has 1 aromatic heterocycles. The summed E-state index contributed by atoms with van der Waals surface area (Å²) >= 11 is 6.31. The van der Waals surface area contributed by atoms with Gasteiger partial charge < -0.3 is 9.15 Å². The predicted molar refractivity (Wildman–Crippen MR) is 146 cm³/mol. The van der Waals surface area contributed by atoms with E-state index < -0.39 is 21.9 Å². The Morgan fingerprint density at radius 1 is 0.921 bits per heavy atom. The van der Waals surface area contributed by atoms with E-state index in [1.807, 2.05) is 12.1 Å². The fraction of sp³-hybridized carbons (Fsp3) is 0.103. The molecule has 1 heterocycles. The van der Waals surface area contributed by atoms with E-state index in [2.05, 4.69) is 0 Å². The van der Waals surface area contributed by atoms with Crippen LogP contribution in [0, 0.1) is 6.92 Å². The fourth-order valence-corrected chi connectivity index (χ4v) is 5.98. The number of anilines is 1. The van der Waals surface area contributed by atoms with E-state index in [0.717, 1.165) is 5.39 Å². The third-order valence-electron chi connectivity index (χ3n) is 6.11. The molecule has 0 spiro atoms. The maximum atomic E-state index is 14.1. The summed E-state index contributed by atoms with van der Waals surface area (Å²) < 4.78 is 39.8. The van der Waals surface area contributed by atoms with Crippen molar-refractivity contribution in [2.75, 3.05) is 10.9 Å². The summed E-state index contributed by atoms with van der Waals surface area (Å²) in [6, 6.07) is 22.6. The van der Waals surface area contributed by atoms with Crippen LogP contribution in [-0.4, -0.2) is 26.9 Å². The van der Waals surface area contributed by atoms with Gasteiger partial charge in [0.15, 0.2) is 0 Å². The largest absolute Gasteiger partial charge is 0.462 e. The molecular formula is C29H22ClNO6S. The number of aryl methyl sites for hydroxylation is 1. The highest BCUT2D eigenvalue weighted by Crippen LogP contribution is 2.34. The molecule has 1 amide bonds. The van der Waals surface area contributed by atoms with Crippen LogP contribution >= 0.6 is 11.6 Å². The minimum absolute atomic E-state index is 0.00705. The van der Waals surface area contributed by atoms with Crippen molar-refractivity contribution in [1.82, 2.24) is 0 Å². The van der Waals surface area contributed by atoms with E-state index in [4.69, 9.17) is 20.8 Å². The summed E-state index contributed by atoms with van der Waals surface area (Å²) in [5.74, 6) is -1.14. The Bertz CT molecular complexity index is 1830. The number of furan rings is 1. The second kappa shape index (κ2) is 9.96. The van der Waals surface area contributed by atoms with Gasteiger partial charge in [-0.05, 0) is 67.1 Å². The zero-order valence-electron chi connectivity index (χ0n) is 20.5. The molecule has 0 radical (unpaired) electrons. The molecule has 0 saturated heterocycles. The van der Waals surface area contributed by atoms with Crippen LogP contribution in [0.15, 0.2) is 94.2 Å². The summed E-state index contributed by atoms with van der Waals surface area (Å²) in [5, 5.41) is 1.97. The van der Waals surface area contributed by atoms with E-state index in [1.54, 1.807) is 44.2 Å². The first kappa shape index (κ1) is 25.5. The lowest BCUT2D eigenvalue weighted by molar-refractivity contribution is 0.0526. The normalized spacial score (nSPS) is 11.6. The second-order valence-electron chi connectivity index (χ2n) is 8.50. The van der Waals surface area contributed by atoms with Gasteiger partial charge in [0, 0.05) is 5.39 Å². The van der Waals surface area contributed by atoms with Crippen LogP contribution in [-0.2, 0) is 14.8 Å². The standard InChI is InChI=1S/C29H22ClNO6S/c1-3-36-29(33)27-18(2)37-26-15-13-21(17-24(26)27)31(28(32)23-10-6-7-11-25(23)30)38(34,35)22-14-12-19-8-4-5-9-20(19)16-22/h4-17H,3H2,1-2H3. The maximum Gasteiger partial charge on any atom is 0.342 e. The molecule has 0 aliphatic carbocycles. The van der Waals surface area contributed by atoms with Crippen molar-refractivity contribution in [2.24, 2.45) is 0 Å². The lowest BCUT2D eigenvalue weighted by atomic mass is 10.1. The zero-order chi connectivity index (χ0) is 27.0. The van der Waals surface area contributed by atoms with Crippen molar-refractivity contribution in [2.45, 2.75) is 18.7 Å².